The van der Waals surface area contributed by atoms with Crippen LogP contribution in [0.15, 0.2) is 0 Å². The Balaban J connectivity index is 0. The van der Waals surface area contributed by atoms with Crippen LogP contribution in [-0.4, -0.2) is 17.5 Å². The summed E-state index contributed by atoms with van der Waals surface area (Å²) in [5.41, 5.74) is 0. The summed E-state index contributed by atoms with van der Waals surface area (Å²) in [6, 6.07) is 0. The van der Waals surface area contributed by atoms with E-state index in [9.17, 15) is 0 Å². The second kappa shape index (κ2) is 2.69. The van der Waals surface area contributed by atoms with Gasteiger partial charge in [-0.25, -0.2) is 0 Å². The molecule has 0 fully saturated rings. The largest absolute Gasteiger partial charge is 2.00 e. The van der Waals surface area contributed by atoms with Gasteiger partial charge in [0.2, 0.25) is 0 Å². The van der Waals surface area contributed by atoms with Crippen LogP contribution in [0.5, 0.6) is 0 Å². The fourth-order valence-corrected chi connectivity index (χ4v) is 0. The molecule has 0 aromatic carbocycles. The van der Waals surface area contributed by atoms with Crippen LogP contribution in [0.25, 0.3) is 0 Å². The quantitative estimate of drug-likeness (QED) is 0.406. The van der Waals surface area contributed by atoms with Gasteiger partial charge in [0.25, 0.3) is 0 Å². The van der Waals surface area contributed by atoms with Gasteiger partial charge in [-0.1, -0.05) is 0 Å². The van der Waals surface area contributed by atoms with E-state index in [0.29, 0.717) is 0 Å². The minimum Gasteiger partial charge on any atom is -0.759 e. The van der Waals surface area contributed by atoms with E-state index < -0.39 is 10.4 Å². The van der Waals surface area contributed by atoms with Crippen molar-refractivity contribution in [3.8, 4) is 0 Å². The summed E-state index contributed by atoms with van der Waals surface area (Å²) >= 11 is 0. The molecule has 0 saturated heterocycles. The molecule has 0 unspecified atom stereocenters. The Labute approximate surface area is 49.4 Å². The van der Waals surface area contributed by atoms with E-state index in [1.54, 1.807) is 0 Å². The average Bonchev–Trinajstić information content (AvgIpc) is 0.722. The van der Waals surface area contributed by atoms with Crippen molar-refractivity contribution < 1.29 is 38.6 Å². The van der Waals surface area contributed by atoms with Gasteiger partial charge >= 0.3 is 21.1 Å². The smallest absolute Gasteiger partial charge is 0.759 e. The summed E-state index contributed by atoms with van der Waals surface area (Å²) in [5.74, 6) is 0. The standard InChI is InChI=1S/H2O4S.W/c1-5(2,3)4;/h(H2,1,2,3,4);/q;+2/p-2. The Kier molecular flexibility index (Phi) is 4.36. The molecule has 36 valence electrons. The van der Waals surface area contributed by atoms with Crippen LogP contribution in [0.1, 0.15) is 0 Å². The maximum absolute atomic E-state index is 8.52. The zero-order valence-electron chi connectivity index (χ0n) is 2.45. The summed E-state index contributed by atoms with van der Waals surface area (Å²) < 4.78 is 34.1. The topological polar surface area (TPSA) is 80.3 Å². The normalized spacial score (nSPS) is 9.67. The van der Waals surface area contributed by atoms with Crippen LogP contribution in [0.4, 0.5) is 0 Å². The van der Waals surface area contributed by atoms with E-state index in [2.05, 4.69) is 0 Å². The molecule has 0 bridgehead atoms. The van der Waals surface area contributed by atoms with Crippen molar-refractivity contribution in [3.05, 3.63) is 0 Å². The van der Waals surface area contributed by atoms with Crippen molar-refractivity contribution in [1.82, 2.24) is 0 Å². The molecule has 0 radical (unpaired) electrons. The van der Waals surface area contributed by atoms with E-state index in [1.165, 1.54) is 0 Å². The predicted octanol–water partition coefficient (Wildman–Crippen LogP) is -1.34. The van der Waals surface area contributed by atoms with Gasteiger partial charge in [0, 0.05) is 10.4 Å². The molecule has 6 heavy (non-hydrogen) atoms. The van der Waals surface area contributed by atoms with Gasteiger partial charge in [0.1, 0.15) is 0 Å². The van der Waals surface area contributed by atoms with Crippen molar-refractivity contribution in [2.75, 3.05) is 0 Å². The zero-order chi connectivity index (χ0) is 4.50. The summed E-state index contributed by atoms with van der Waals surface area (Å²) in [6.07, 6.45) is 0. The minimum absolute atomic E-state index is 0. The van der Waals surface area contributed by atoms with Crippen LogP contribution < -0.4 is 0 Å². The average molecular weight is 280 g/mol. The van der Waals surface area contributed by atoms with Crippen LogP contribution in [0, 0.1) is 0 Å². The molecular formula is O4SW. The van der Waals surface area contributed by atoms with Gasteiger partial charge in [-0.2, -0.15) is 0 Å². The Morgan fingerprint density at radius 2 is 1.17 bits per heavy atom. The predicted molar refractivity (Wildman–Crippen MR) is 10.5 cm³/mol. The molecule has 0 heterocycles. The molecular weight excluding hydrogens is 280 g/mol. The molecule has 0 N–H and O–H groups in total. The zero-order valence-corrected chi connectivity index (χ0v) is 6.20. The van der Waals surface area contributed by atoms with E-state index >= 15 is 0 Å². The Morgan fingerprint density at radius 3 is 1.17 bits per heavy atom. The third kappa shape index (κ3) is 185. The second-order valence-corrected chi connectivity index (χ2v) is 1.22. The third-order valence-electron chi connectivity index (χ3n) is 0. The summed E-state index contributed by atoms with van der Waals surface area (Å²) in [6.45, 7) is 0. The van der Waals surface area contributed by atoms with E-state index in [0.717, 1.165) is 0 Å². The number of hydrogen-bond donors (Lipinski definition) is 0. The maximum Gasteiger partial charge on any atom is 2.00 e. The van der Waals surface area contributed by atoms with Gasteiger partial charge in [-0.3, -0.25) is 8.42 Å². The minimum atomic E-state index is -5.17. The first-order valence-corrected chi connectivity index (χ1v) is 2.00. The molecule has 0 saturated carbocycles. The molecule has 6 heteroatoms. The third-order valence-corrected chi connectivity index (χ3v) is 0. The van der Waals surface area contributed by atoms with Gasteiger partial charge < -0.3 is 9.11 Å². The molecule has 0 aromatic heterocycles. The van der Waals surface area contributed by atoms with E-state index in [-0.39, 0.29) is 21.1 Å². The van der Waals surface area contributed by atoms with Crippen molar-refractivity contribution >= 4 is 10.4 Å². The number of rotatable bonds is 0. The Morgan fingerprint density at radius 1 is 1.17 bits per heavy atom. The molecule has 4 nitrogen and oxygen atoms in total. The monoisotopic (exact) mass is 280 g/mol. The Bertz CT molecular complexity index is 90.7. The van der Waals surface area contributed by atoms with Crippen molar-refractivity contribution in [2.24, 2.45) is 0 Å². The van der Waals surface area contributed by atoms with Gasteiger partial charge in [0.05, 0.1) is 0 Å². The summed E-state index contributed by atoms with van der Waals surface area (Å²) in [4.78, 5) is 0. The first kappa shape index (κ1) is 9.75. The molecule has 0 aliphatic heterocycles. The van der Waals surface area contributed by atoms with E-state index in [1.807, 2.05) is 0 Å². The SMILES string of the molecule is O=S(=O)([O-])[O-].[W+2]. The summed E-state index contributed by atoms with van der Waals surface area (Å²) in [5, 5.41) is 0. The molecule has 0 aromatic rings. The fraction of sp³-hybridized carbons (Fsp3) is 0. The first-order chi connectivity index (χ1) is 2.00. The van der Waals surface area contributed by atoms with Crippen LogP contribution in [-0.2, 0) is 31.5 Å². The maximum atomic E-state index is 8.52. The van der Waals surface area contributed by atoms with Crippen LogP contribution >= 0.6 is 0 Å². The van der Waals surface area contributed by atoms with Gasteiger partial charge in [0.15, 0.2) is 0 Å². The molecule has 0 rings (SSSR count). The van der Waals surface area contributed by atoms with E-state index in [4.69, 9.17) is 17.5 Å². The Hall–Kier alpha value is 0.558. The number of hydrogen-bond acceptors (Lipinski definition) is 4. The summed E-state index contributed by atoms with van der Waals surface area (Å²) in [7, 11) is -5.17. The van der Waals surface area contributed by atoms with Crippen molar-refractivity contribution in [3.63, 3.8) is 0 Å². The molecule has 0 aliphatic rings. The molecule has 0 aliphatic carbocycles. The van der Waals surface area contributed by atoms with Crippen molar-refractivity contribution in [2.45, 2.75) is 0 Å². The molecule has 0 amide bonds. The fourth-order valence-electron chi connectivity index (χ4n) is 0. The van der Waals surface area contributed by atoms with Gasteiger partial charge in [-0.15, -0.1) is 0 Å². The molecule has 0 spiro atoms. The van der Waals surface area contributed by atoms with Crippen molar-refractivity contribution in [1.29, 1.82) is 0 Å². The molecule has 0 atom stereocenters. The first-order valence-electron chi connectivity index (χ1n) is 0.667. The van der Waals surface area contributed by atoms with Gasteiger partial charge in [-0.05, 0) is 0 Å². The second-order valence-electron chi connectivity index (χ2n) is 0.408. The van der Waals surface area contributed by atoms with Crippen LogP contribution in [0.2, 0.25) is 0 Å². The van der Waals surface area contributed by atoms with Crippen LogP contribution in [0.3, 0.4) is 0 Å².